The molecule has 1 aromatic carbocycles. The molecule has 0 aromatic heterocycles. The molecule has 1 aliphatic rings. The molecule has 2 nitrogen and oxygen atoms in total. The zero-order valence-corrected chi connectivity index (χ0v) is 12.2. The Kier molecular flexibility index (Phi) is 5.10. The predicted molar refractivity (Wildman–Crippen MR) is 80.0 cm³/mol. The predicted octanol–water partition coefficient (Wildman–Crippen LogP) is 3.14. The number of hydrogen-bond donors (Lipinski definition) is 1. The number of thioether (sulfide) groups is 1. The molecule has 2 unspecified atom stereocenters. The van der Waals surface area contributed by atoms with Crippen molar-refractivity contribution >= 4 is 11.8 Å². The summed E-state index contributed by atoms with van der Waals surface area (Å²) in [6, 6.07) is 9.55. The molecule has 0 bridgehead atoms. The minimum atomic E-state index is 0.518. The van der Waals surface area contributed by atoms with Gasteiger partial charge in [0.05, 0.1) is 0 Å². The number of nitrogens with zero attached hydrogens (tertiary/aromatic N) is 1. The van der Waals surface area contributed by atoms with E-state index in [1.807, 2.05) is 0 Å². The molecule has 1 saturated heterocycles. The molecule has 0 radical (unpaired) electrons. The van der Waals surface area contributed by atoms with Crippen LogP contribution in [0.5, 0.6) is 0 Å². The van der Waals surface area contributed by atoms with E-state index in [1.54, 1.807) is 11.8 Å². The van der Waals surface area contributed by atoms with Crippen molar-refractivity contribution in [3.05, 3.63) is 29.8 Å². The van der Waals surface area contributed by atoms with E-state index in [9.17, 15) is 0 Å². The molecule has 2 N–H and O–H groups in total. The monoisotopic (exact) mass is 264 g/mol. The van der Waals surface area contributed by atoms with Crippen molar-refractivity contribution in [1.82, 2.24) is 4.90 Å². The first-order valence-electron chi connectivity index (χ1n) is 6.88. The van der Waals surface area contributed by atoms with E-state index in [-0.39, 0.29) is 0 Å². The molecule has 2 rings (SSSR count). The van der Waals surface area contributed by atoms with Gasteiger partial charge < -0.3 is 5.73 Å². The molecule has 0 saturated carbocycles. The second-order valence-electron chi connectivity index (χ2n) is 4.98. The molecule has 3 heteroatoms. The van der Waals surface area contributed by atoms with Crippen LogP contribution < -0.4 is 5.73 Å². The van der Waals surface area contributed by atoms with Crippen molar-refractivity contribution in [1.29, 1.82) is 0 Å². The molecule has 1 aromatic rings. The minimum absolute atomic E-state index is 0.518. The number of piperidine rings is 1. The van der Waals surface area contributed by atoms with E-state index in [0.29, 0.717) is 12.0 Å². The van der Waals surface area contributed by atoms with Gasteiger partial charge in [-0.05, 0) is 62.3 Å². The van der Waals surface area contributed by atoms with Gasteiger partial charge in [-0.2, -0.15) is 0 Å². The van der Waals surface area contributed by atoms with Crippen LogP contribution in [0.15, 0.2) is 29.2 Å². The summed E-state index contributed by atoms with van der Waals surface area (Å²) in [5.74, 6) is 0.610. The highest BCUT2D eigenvalue weighted by Crippen LogP contribution is 2.35. The van der Waals surface area contributed by atoms with Crippen LogP contribution in [0, 0.1) is 5.92 Å². The molecule has 1 heterocycles. The van der Waals surface area contributed by atoms with Gasteiger partial charge in [-0.1, -0.05) is 19.1 Å². The van der Waals surface area contributed by atoms with Gasteiger partial charge in [-0.25, -0.2) is 0 Å². The van der Waals surface area contributed by atoms with E-state index < -0.39 is 0 Å². The average Bonchev–Trinajstić information content (AvgIpc) is 2.46. The third-order valence-corrected chi connectivity index (χ3v) is 4.77. The fourth-order valence-electron chi connectivity index (χ4n) is 3.04. The summed E-state index contributed by atoms with van der Waals surface area (Å²) in [5.41, 5.74) is 7.41. The topological polar surface area (TPSA) is 29.3 Å². The second kappa shape index (κ2) is 6.60. The second-order valence-corrected chi connectivity index (χ2v) is 5.86. The van der Waals surface area contributed by atoms with E-state index >= 15 is 0 Å². The molecule has 2 atom stereocenters. The van der Waals surface area contributed by atoms with Crippen LogP contribution in [0.25, 0.3) is 0 Å². The summed E-state index contributed by atoms with van der Waals surface area (Å²) in [6.07, 6.45) is 4.67. The Labute approximate surface area is 115 Å². The average molecular weight is 264 g/mol. The van der Waals surface area contributed by atoms with Crippen LogP contribution in [0.4, 0.5) is 0 Å². The largest absolute Gasteiger partial charge is 0.330 e. The summed E-state index contributed by atoms with van der Waals surface area (Å²) in [5, 5.41) is 0. The highest BCUT2D eigenvalue weighted by atomic mass is 32.2. The summed E-state index contributed by atoms with van der Waals surface area (Å²) < 4.78 is 0. The number of nitrogens with two attached hydrogens (primary N) is 1. The van der Waals surface area contributed by atoms with Crippen LogP contribution in [-0.2, 0) is 0 Å². The fourth-order valence-corrected chi connectivity index (χ4v) is 3.45. The zero-order chi connectivity index (χ0) is 13.0. The Bertz CT molecular complexity index is 351. The molecular formula is C15H24N2S. The quantitative estimate of drug-likeness (QED) is 0.847. The molecule has 0 spiro atoms. The van der Waals surface area contributed by atoms with E-state index in [1.165, 1.54) is 29.8 Å². The van der Waals surface area contributed by atoms with Gasteiger partial charge in [0.25, 0.3) is 0 Å². The molecule has 100 valence electrons. The van der Waals surface area contributed by atoms with Gasteiger partial charge in [-0.3, -0.25) is 4.90 Å². The van der Waals surface area contributed by atoms with E-state index in [4.69, 9.17) is 5.73 Å². The van der Waals surface area contributed by atoms with Crippen LogP contribution in [0.2, 0.25) is 0 Å². The Hall–Kier alpha value is -0.510. The Balaban J connectivity index is 2.24. The third-order valence-electron chi connectivity index (χ3n) is 4.03. The van der Waals surface area contributed by atoms with Crippen molar-refractivity contribution < 1.29 is 0 Å². The number of rotatable bonds is 4. The van der Waals surface area contributed by atoms with Gasteiger partial charge in [0.1, 0.15) is 0 Å². The summed E-state index contributed by atoms with van der Waals surface area (Å²) in [4.78, 5) is 3.91. The maximum atomic E-state index is 5.97. The molecule has 18 heavy (non-hydrogen) atoms. The van der Waals surface area contributed by atoms with Crippen molar-refractivity contribution in [2.24, 2.45) is 11.7 Å². The first kappa shape index (κ1) is 13.9. The van der Waals surface area contributed by atoms with Crippen LogP contribution in [-0.4, -0.2) is 30.8 Å². The lowest BCUT2D eigenvalue weighted by molar-refractivity contribution is 0.102. The normalized spacial score (nSPS) is 25.3. The zero-order valence-electron chi connectivity index (χ0n) is 11.4. The molecule has 0 amide bonds. The summed E-state index contributed by atoms with van der Waals surface area (Å²) in [7, 11) is 0. The van der Waals surface area contributed by atoms with Gasteiger partial charge in [0, 0.05) is 10.9 Å². The maximum absolute atomic E-state index is 5.97. The van der Waals surface area contributed by atoms with Gasteiger partial charge in [0.2, 0.25) is 0 Å². The maximum Gasteiger partial charge on any atom is 0.0388 e. The Morgan fingerprint density at radius 2 is 2.06 bits per heavy atom. The van der Waals surface area contributed by atoms with E-state index in [0.717, 1.165) is 13.1 Å². The van der Waals surface area contributed by atoms with Crippen LogP contribution >= 0.6 is 11.8 Å². The van der Waals surface area contributed by atoms with Crippen molar-refractivity contribution in [3.8, 4) is 0 Å². The minimum Gasteiger partial charge on any atom is -0.330 e. The standard InChI is InChI=1S/C15H24N2S/c1-3-17-10-4-5-13(11-16)15(17)12-6-8-14(18-2)9-7-12/h6-9,13,15H,3-5,10-11,16H2,1-2H3. The van der Waals surface area contributed by atoms with E-state index in [2.05, 4.69) is 42.3 Å². The lowest BCUT2D eigenvalue weighted by Gasteiger charge is -2.41. The van der Waals surface area contributed by atoms with Crippen molar-refractivity contribution in [3.63, 3.8) is 0 Å². The Morgan fingerprint density at radius 1 is 1.33 bits per heavy atom. The first-order valence-corrected chi connectivity index (χ1v) is 8.10. The number of hydrogen-bond acceptors (Lipinski definition) is 3. The molecule has 0 aliphatic carbocycles. The highest BCUT2D eigenvalue weighted by molar-refractivity contribution is 7.98. The van der Waals surface area contributed by atoms with Crippen LogP contribution in [0.3, 0.4) is 0 Å². The summed E-state index contributed by atoms with van der Waals surface area (Å²) >= 11 is 1.80. The Morgan fingerprint density at radius 3 is 2.61 bits per heavy atom. The SMILES string of the molecule is CCN1CCCC(CN)C1c1ccc(SC)cc1. The lowest BCUT2D eigenvalue weighted by Crippen LogP contribution is -2.41. The third kappa shape index (κ3) is 2.90. The van der Waals surface area contributed by atoms with Crippen LogP contribution in [0.1, 0.15) is 31.4 Å². The van der Waals surface area contributed by atoms with Gasteiger partial charge in [-0.15, -0.1) is 11.8 Å². The van der Waals surface area contributed by atoms with Gasteiger partial charge in [0.15, 0.2) is 0 Å². The molecular weight excluding hydrogens is 240 g/mol. The first-order chi connectivity index (χ1) is 8.80. The number of benzene rings is 1. The highest BCUT2D eigenvalue weighted by Gasteiger charge is 2.30. The molecule has 1 aliphatic heterocycles. The fraction of sp³-hybridized carbons (Fsp3) is 0.600. The smallest absolute Gasteiger partial charge is 0.0388 e. The summed E-state index contributed by atoms with van der Waals surface area (Å²) in [6.45, 7) is 5.38. The lowest BCUT2D eigenvalue weighted by atomic mass is 9.84. The number of likely N-dealkylation sites (tertiary alicyclic amines) is 1. The van der Waals surface area contributed by atoms with Crippen molar-refractivity contribution in [2.45, 2.75) is 30.7 Å². The van der Waals surface area contributed by atoms with Gasteiger partial charge >= 0.3 is 0 Å². The molecule has 1 fully saturated rings. The van der Waals surface area contributed by atoms with Crippen molar-refractivity contribution in [2.75, 3.05) is 25.9 Å².